The summed E-state index contributed by atoms with van der Waals surface area (Å²) in [5.74, 6) is 0.807. The van der Waals surface area contributed by atoms with Gasteiger partial charge in [0.15, 0.2) is 0 Å². The Balaban J connectivity index is 1.46. The highest BCUT2D eigenvalue weighted by Gasteiger charge is 2.42. The molecule has 4 nitrogen and oxygen atoms in total. The van der Waals surface area contributed by atoms with E-state index in [2.05, 4.69) is 42.6 Å². The van der Waals surface area contributed by atoms with Crippen LogP contribution in [0.25, 0.3) is 0 Å². The van der Waals surface area contributed by atoms with Crippen molar-refractivity contribution in [3.05, 3.63) is 131 Å². The molecule has 0 aliphatic carbocycles. The molecule has 1 amide bonds. The molecule has 0 saturated heterocycles. The Kier molecular flexibility index (Phi) is 6.05. The Morgan fingerprint density at radius 1 is 0.794 bits per heavy atom. The van der Waals surface area contributed by atoms with Crippen molar-refractivity contribution in [3.63, 3.8) is 0 Å². The van der Waals surface area contributed by atoms with Crippen LogP contribution in [0.5, 0.6) is 5.75 Å². The molecule has 0 fully saturated rings. The van der Waals surface area contributed by atoms with Gasteiger partial charge in [-0.1, -0.05) is 84.9 Å². The van der Waals surface area contributed by atoms with E-state index in [-0.39, 0.29) is 5.91 Å². The summed E-state index contributed by atoms with van der Waals surface area (Å²) < 4.78 is 6.10. The SMILES string of the molecule is CC1(c2cccc(OCc3ccccc3)c2)Nc2ccccc2C(=O)N1CCc1ccccc1. The van der Waals surface area contributed by atoms with Crippen LogP contribution in [0.1, 0.15) is 34.0 Å². The number of rotatable bonds is 7. The van der Waals surface area contributed by atoms with E-state index in [1.807, 2.05) is 83.8 Å². The second kappa shape index (κ2) is 9.44. The third-order valence-corrected chi connectivity index (χ3v) is 6.43. The minimum absolute atomic E-state index is 0.0309. The fraction of sp³-hybridized carbons (Fsp3) is 0.167. The van der Waals surface area contributed by atoms with Gasteiger partial charge in [0.1, 0.15) is 18.0 Å². The number of carbonyl (C=O) groups excluding carboxylic acids is 1. The maximum absolute atomic E-state index is 13.7. The van der Waals surface area contributed by atoms with E-state index < -0.39 is 5.66 Å². The topological polar surface area (TPSA) is 41.6 Å². The molecule has 1 N–H and O–H groups in total. The summed E-state index contributed by atoms with van der Waals surface area (Å²) >= 11 is 0. The number of para-hydroxylation sites is 1. The number of nitrogens with zero attached hydrogens (tertiary/aromatic N) is 1. The molecule has 0 saturated carbocycles. The number of anilines is 1. The van der Waals surface area contributed by atoms with Crippen LogP contribution in [-0.2, 0) is 18.7 Å². The summed E-state index contributed by atoms with van der Waals surface area (Å²) in [4.78, 5) is 15.6. The normalized spacial score (nSPS) is 17.1. The maximum atomic E-state index is 13.7. The van der Waals surface area contributed by atoms with Crippen molar-refractivity contribution in [2.24, 2.45) is 0 Å². The van der Waals surface area contributed by atoms with Gasteiger partial charge in [-0.05, 0) is 48.7 Å². The summed E-state index contributed by atoms with van der Waals surface area (Å²) in [6.45, 7) is 3.16. The lowest BCUT2D eigenvalue weighted by Gasteiger charge is -2.47. The molecule has 4 heteroatoms. The lowest BCUT2D eigenvalue weighted by molar-refractivity contribution is 0.0538. The third kappa shape index (κ3) is 4.40. The van der Waals surface area contributed by atoms with Crippen LogP contribution in [0.3, 0.4) is 0 Å². The van der Waals surface area contributed by atoms with Crippen LogP contribution in [0.2, 0.25) is 0 Å². The van der Waals surface area contributed by atoms with E-state index in [1.54, 1.807) is 0 Å². The summed E-state index contributed by atoms with van der Waals surface area (Å²) in [5, 5.41) is 3.66. The third-order valence-electron chi connectivity index (χ3n) is 6.43. The number of carbonyl (C=O) groups is 1. The summed E-state index contributed by atoms with van der Waals surface area (Å²) in [6.07, 6.45) is 0.774. The number of hydrogen-bond donors (Lipinski definition) is 1. The van der Waals surface area contributed by atoms with E-state index in [0.29, 0.717) is 18.7 Å². The van der Waals surface area contributed by atoms with Gasteiger partial charge in [0.2, 0.25) is 0 Å². The standard InChI is InChI=1S/C30H28N2O2/c1-30(25-15-10-16-26(21-25)34-22-24-13-6-3-7-14-24)31-28-18-9-8-17-27(28)29(33)32(30)20-19-23-11-4-2-5-12-23/h2-18,21,31H,19-20,22H2,1H3. The molecule has 5 rings (SSSR count). The Bertz CT molecular complexity index is 1270. The van der Waals surface area contributed by atoms with Crippen molar-refractivity contribution in [3.8, 4) is 5.75 Å². The van der Waals surface area contributed by atoms with Crippen molar-refractivity contribution in [1.29, 1.82) is 0 Å². The number of benzene rings is 4. The molecular formula is C30H28N2O2. The first-order valence-electron chi connectivity index (χ1n) is 11.6. The first kappa shape index (κ1) is 21.8. The van der Waals surface area contributed by atoms with Crippen molar-refractivity contribution in [2.45, 2.75) is 25.6 Å². The average Bonchev–Trinajstić information content (AvgIpc) is 2.89. The quantitative estimate of drug-likeness (QED) is 0.363. The average molecular weight is 449 g/mol. The fourth-order valence-electron chi connectivity index (χ4n) is 4.53. The predicted octanol–water partition coefficient (Wildman–Crippen LogP) is 6.25. The number of ether oxygens (including phenoxy) is 1. The van der Waals surface area contributed by atoms with Crippen LogP contribution < -0.4 is 10.1 Å². The molecule has 0 bridgehead atoms. The summed E-state index contributed by atoms with van der Waals surface area (Å²) in [7, 11) is 0. The highest BCUT2D eigenvalue weighted by atomic mass is 16.5. The van der Waals surface area contributed by atoms with Gasteiger partial charge in [0.25, 0.3) is 5.91 Å². The Morgan fingerprint density at radius 2 is 1.47 bits per heavy atom. The van der Waals surface area contributed by atoms with Gasteiger partial charge >= 0.3 is 0 Å². The second-order valence-electron chi connectivity index (χ2n) is 8.74. The molecule has 1 aliphatic rings. The van der Waals surface area contributed by atoms with Gasteiger partial charge in [0.05, 0.1) is 5.56 Å². The number of hydrogen-bond acceptors (Lipinski definition) is 3. The molecule has 0 aromatic heterocycles. The molecule has 1 atom stereocenters. The van der Waals surface area contributed by atoms with Crippen LogP contribution in [0.15, 0.2) is 109 Å². The minimum Gasteiger partial charge on any atom is -0.489 e. The minimum atomic E-state index is -0.716. The molecule has 1 heterocycles. The summed E-state index contributed by atoms with van der Waals surface area (Å²) in [6, 6.07) is 36.2. The van der Waals surface area contributed by atoms with E-state index in [9.17, 15) is 4.79 Å². The highest BCUT2D eigenvalue weighted by Crippen LogP contribution is 2.38. The van der Waals surface area contributed by atoms with Crippen molar-refractivity contribution in [1.82, 2.24) is 4.90 Å². The highest BCUT2D eigenvalue weighted by molar-refractivity contribution is 6.02. The Labute approximate surface area is 200 Å². The lowest BCUT2D eigenvalue weighted by atomic mass is 9.93. The van der Waals surface area contributed by atoms with Crippen molar-refractivity contribution in [2.75, 3.05) is 11.9 Å². The fourth-order valence-corrected chi connectivity index (χ4v) is 4.53. The summed E-state index contributed by atoms with van der Waals surface area (Å²) in [5.41, 5.74) is 4.13. The van der Waals surface area contributed by atoms with Gasteiger partial charge in [-0.3, -0.25) is 4.79 Å². The molecule has 0 spiro atoms. The van der Waals surface area contributed by atoms with E-state index in [4.69, 9.17) is 4.74 Å². The van der Waals surface area contributed by atoms with Crippen LogP contribution in [0.4, 0.5) is 5.69 Å². The lowest BCUT2D eigenvalue weighted by Crippen LogP contribution is -2.56. The zero-order valence-electron chi connectivity index (χ0n) is 19.3. The van der Waals surface area contributed by atoms with Gasteiger partial charge < -0.3 is 15.0 Å². The predicted molar refractivity (Wildman–Crippen MR) is 136 cm³/mol. The largest absolute Gasteiger partial charge is 0.489 e. The first-order valence-corrected chi connectivity index (χ1v) is 11.6. The smallest absolute Gasteiger partial charge is 0.258 e. The van der Waals surface area contributed by atoms with Crippen molar-refractivity contribution < 1.29 is 9.53 Å². The molecule has 34 heavy (non-hydrogen) atoms. The van der Waals surface area contributed by atoms with E-state index in [1.165, 1.54) is 5.56 Å². The van der Waals surface area contributed by atoms with Gasteiger partial charge in [-0.15, -0.1) is 0 Å². The molecule has 1 unspecified atom stereocenters. The zero-order chi connectivity index (χ0) is 23.4. The van der Waals surface area contributed by atoms with Gasteiger partial charge in [0, 0.05) is 17.8 Å². The first-order chi connectivity index (χ1) is 16.6. The van der Waals surface area contributed by atoms with Crippen LogP contribution in [-0.4, -0.2) is 17.4 Å². The number of nitrogens with one attached hydrogen (secondary N) is 1. The van der Waals surface area contributed by atoms with Crippen molar-refractivity contribution >= 4 is 11.6 Å². The zero-order valence-corrected chi connectivity index (χ0v) is 19.3. The van der Waals surface area contributed by atoms with E-state index in [0.717, 1.165) is 29.0 Å². The van der Waals surface area contributed by atoms with Gasteiger partial charge in [-0.2, -0.15) is 0 Å². The maximum Gasteiger partial charge on any atom is 0.258 e. The molecule has 4 aromatic carbocycles. The molecule has 0 radical (unpaired) electrons. The number of amides is 1. The monoisotopic (exact) mass is 448 g/mol. The second-order valence-corrected chi connectivity index (χ2v) is 8.74. The van der Waals surface area contributed by atoms with Gasteiger partial charge in [-0.25, -0.2) is 0 Å². The van der Waals surface area contributed by atoms with E-state index >= 15 is 0 Å². The van der Waals surface area contributed by atoms with Crippen LogP contribution >= 0.6 is 0 Å². The van der Waals surface area contributed by atoms with Crippen LogP contribution in [0, 0.1) is 0 Å². The Hall–Kier alpha value is -4.05. The molecular weight excluding hydrogens is 420 g/mol. The Morgan fingerprint density at radius 3 is 2.24 bits per heavy atom. The molecule has 1 aliphatic heterocycles. The number of fused-ring (bicyclic) bond motifs is 1. The molecule has 170 valence electrons. The molecule has 4 aromatic rings.